The van der Waals surface area contributed by atoms with Gasteiger partial charge in [-0.25, -0.2) is 4.39 Å². The van der Waals surface area contributed by atoms with Gasteiger partial charge in [0.1, 0.15) is 5.82 Å². The first-order valence-corrected chi connectivity index (χ1v) is 6.75. The highest BCUT2D eigenvalue weighted by Gasteiger charge is 2.23. The zero-order chi connectivity index (χ0) is 13.1. The van der Waals surface area contributed by atoms with E-state index in [9.17, 15) is 9.18 Å². The summed E-state index contributed by atoms with van der Waals surface area (Å²) in [6, 6.07) is 3.95. The fourth-order valence-electron chi connectivity index (χ4n) is 2.20. The molecule has 1 aliphatic rings. The summed E-state index contributed by atoms with van der Waals surface area (Å²) in [5, 5.41) is 3.29. The maximum absolute atomic E-state index is 13.4. The van der Waals surface area contributed by atoms with E-state index in [1.807, 2.05) is 0 Å². The Balaban J connectivity index is 1.93. The van der Waals surface area contributed by atoms with Gasteiger partial charge in [0.25, 0.3) is 5.91 Å². The van der Waals surface area contributed by atoms with Crippen molar-refractivity contribution in [2.45, 2.75) is 24.6 Å². The lowest BCUT2D eigenvalue weighted by molar-refractivity contribution is 0.0943. The molecule has 1 saturated carbocycles. The Morgan fingerprint density at radius 2 is 2.22 bits per heavy atom. The molecule has 2 atom stereocenters. The van der Waals surface area contributed by atoms with Gasteiger partial charge in [-0.15, -0.1) is 11.6 Å². The molecular formula is C13H14Cl2FNO. The van der Waals surface area contributed by atoms with Crippen LogP contribution in [-0.4, -0.2) is 17.8 Å². The highest BCUT2D eigenvalue weighted by Crippen LogP contribution is 2.28. The summed E-state index contributed by atoms with van der Waals surface area (Å²) < 4.78 is 13.4. The van der Waals surface area contributed by atoms with Crippen LogP contribution in [0.2, 0.25) is 5.02 Å². The lowest BCUT2D eigenvalue weighted by Crippen LogP contribution is -2.29. The maximum Gasteiger partial charge on any atom is 0.254 e. The standard InChI is InChI=1S/C13H14Cl2FNO/c14-9-2-1-8(5-9)7-17-13(18)11-6-10(15)3-4-12(11)16/h3-4,6,8-9H,1-2,5,7H2,(H,17,18). The molecule has 1 aromatic carbocycles. The Morgan fingerprint density at radius 1 is 1.44 bits per heavy atom. The number of rotatable bonds is 3. The first-order valence-electron chi connectivity index (χ1n) is 5.93. The lowest BCUT2D eigenvalue weighted by Gasteiger charge is -2.11. The Bertz CT molecular complexity index is 453. The van der Waals surface area contributed by atoms with Crippen LogP contribution in [0.4, 0.5) is 4.39 Å². The summed E-state index contributed by atoms with van der Waals surface area (Å²) in [6.07, 6.45) is 2.89. The molecule has 1 amide bonds. The molecule has 0 bridgehead atoms. The Morgan fingerprint density at radius 3 is 2.89 bits per heavy atom. The van der Waals surface area contributed by atoms with Crippen molar-refractivity contribution in [1.82, 2.24) is 5.32 Å². The van der Waals surface area contributed by atoms with Crippen molar-refractivity contribution in [1.29, 1.82) is 0 Å². The van der Waals surface area contributed by atoms with Gasteiger partial charge < -0.3 is 5.32 Å². The number of benzene rings is 1. The number of amides is 1. The summed E-state index contributed by atoms with van der Waals surface area (Å²) in [4.78, 5) is 11.8. The van der Waals surface area contributed by atoms with Gasteiger partial charge in [0, 0.05) is 16.9 Å². The summed E-state index contributed by atoms with van der Waals surface area (Å²) in [6.45, 7) is 0.536. The lowest BCUT2D eigenvalue weighted by atomic mass is 10.1. The van der Waals surface area contributed by atoms with Gasteiger partial charge in [-0.1, -0.05) is 11.6 Å². The molecule has 5 heteroatoms. The first-order chi connectivity index (χ1) is 8.56. The van der Waals surface area contributed by atoms with Gasteiger partial charge in [0.2, 0.25) is 0 Å². The zero-order valence-corrected chi connectivity index (χ0v) is 11.3. The molecule has 2 rings (SSSR count). The number of hydrogen-bond acceptors (Lipinski definition) is 1. The summed E-state index contributed by atoms with van der Waals surface area (Å²) in [5.74, 6) is -0.592. The second-order valence-electron chi connectivity index (χ2n) is 4.61. The minimum atomic E-state index is -0.557. The molecule has 98 valence electrons. The number of alkyl halides is 1. The molecule has 1 fully saturated rings. The number of carbonyl (C=O) groups is 1. The Kier molecular flexibility index (Phi) is 4.46. The molecule has 0 heterocycles. The molecule has 0 saturated heterocycles. The Hall–Kier alpha value is -0.800. The Labute approximate surface area is 115 Å². The van der Waals surface area contributed by atoms with Crippen LogP contribution in [-0.2, 0) is 0 Å². The van der Waals surface area contributed by atoms with Crippen LogP contribution in [0.25, 0.3) is 0 Å². The molecular weight excluding hydrogens is 276 g/mol. The van der Waals surface area contributed by atoms with Crippen LogP contribution >= 0.6 is 23.2 Å². The monoisotopic (exact) mass is 289 g/mol. The van der Waals surface area contributed by atoms with Crippen LogP contribution in [0.1, 0.15) is 29.6 Å². The third-order valence-corrected chi connectivity index (χ3v) is 3.83. The van der Waals surface area contributed by atoms with E-state index < -0.39 is 11.7 Å². The molecule has 1 aromatic rings. The number of carbonyl (C=O) groups excluding carboxylic acids is 1. The van der Waals surface area contributed by atoms with Crippen molar-refractivity contribution >= 4 is 29.1 Å². The van der Waals surface area contributed by atoms with Crippen LogP contribution in [0, 0.1) is 11.7 Å². The highest BCUT2D eigenvalue weighted by atomic mass is 35.5. The van der Waals surface area contributed by atoms with E-state index in [4.69, 9.17) is 23.2 Å². The van der Waals surface area contributed by atoms with Gasteiger partial charge in [0.05, 0.1) is 5.56 Å². The quantitative estimate of drug-likeness (QED) is 0.846. The van der Waals surface area contributed by atoms with Crippen molar-refractivity contribution in [2.24, 2.45) is 5.92 Å². The molecule has 1 N–H and O–H groups in total. The summed E-state index contributed by atoms with van der Waals surface area (Å²) in [5.41, 5.74) is -0.0112. The average Bonchev–Trinajstić information content (AvgIpc) is 2.75. The van der Waals surface area contributed by atoms with E-state index in [0.717, 1.165) is 19.3 Å². The molecule has 0 aliphatic heterocycles. The third kappa shape index (κ3) is 3.36. The van der Waals surface area contributed by atoms with E-state index in [-0.39, 0.29) is 10.9 Å². The molecule has 2 nitrogen and oxygen atoms in total. The maximum atomic E-state index is 13.4. The minimum absolute atomic E-state index is 0.0112. The van der Waals surface area contributed by atoms with Crippen molar-refractivity contribution < 1.29 is 9.18 Å². The molecule has 0 radical (unpaired) electrons. The van der Waals surface area contributed by atoms with Gasteiger partial charge in [-0.3, -0.25) is 4.79 Å². The average molecular weight is 290 g/mol. The predicted molar refractivity (Wildman–Crippen MR) is 70.7 cm³/mol. The van der Waals surface area contributed by atoms with E-state index in [1.165, 1.54) is 18.2 Å². The largest absolute Gasteiger partial charge is 0.352 e. The predicted octanol–water partition coefficient (Wildman–Crippen LogP) is 3.62. The van der Waals surface area contributed by atoms with Gasteiger partial charge in [-0.05, 0) is 43.4 Å². The first kappa shape index (κ1) is 13.6. The number of halogens is 3. The summed E-state index contributed by atoms with van der Waals surface area (Å²) in [7, 11) is 0. The SMILES string of the molecule is O=C(NCC1CCC(Cl)C1)c1cc(Cl)ccc1F. The van der Waals surface area contributed by atoms with Crippen LogP contribution < -0.4 is 5.32 Å². The zero-order valence-electron chi connectivity index (χ0n) is 9.76. The van der Waals surface area contributed by atoms with Crippen LogP contribution in [0.5, 0.6) is 0 Å². The van der Waals surface area contributed by atoms with Crippen molar-refractivity contribution in [3.05, 3.63) is 34.6 Å². The van der Waals surface area contributed by atoms with E-state index in [0.29, 0.717) is 17.5 Å². The van der Waals surface area contributed by atoms with E-state index >= 15 is 0 Å². The van der Waals surface area contributed by atoms with Crippen LogP contribution in [0.3, 0.4) is 0 Å². The molecule has 1 aliphatic carbocycles. The molecule has 2 unspecified atom stereocenters. The normalized spacial score (nSPS) is 23.1. The van der Waals surface area contributed by atoms with Gasteiger partial charge in [0.15, 0.2) is 0 Å². The van der Waals surface area contributed by atoms with Gasteiger partial charge in [-0.2, -0.15) is 0 Å². The number of nitrogens with one attached hydrogen (secondary N) is 1. The second-order valence-corrected chi connectivity index (χ2v) is 5.66. The highest BCUT2D eigenvalue weighted by molar-refractivity contribution is 6.31. The van der Waals surface area contributed by atoms with Crippen molar-refractivity contribution in [3.8, 4) is 0 Å². The molecule has 18 heavy (non-hydrogen) atoms. The smallest absolute Gasteiger partial charge is 0.254 e. The second kappa shape index (κ2) is 5.89. The van der Waals surface area contributed by atoms with Gasteiger partial charge >= 0.3 is 0 Å². The summed E-state index contributed by atoms with van der Waals surface area (Å²) >= 11 is 11.7. The van der Waals surface area contributed by atoms with Crippen molar-refractivity contribution in [2.75, 3.05) is 6.54 Å². The van der Waals surface area contributed by atoms with E-state index in [2.05, 4.69) is 5.32 Å². The minimum Gasteiger partial charge on any atom is -0.352 e. The van der Waals surface area contributed by atoms with Crippen LogP contribution in [0.15, 0.2) is 18.2 Å². The molecule has 0 aromatic heterocycles. The molecule has 0 spiro atoms. The fraction of sp³-hybridized carbons (Fsp3) is 0.462. The fourth-order valence-corrected chi connectivity index (χ4v) is 2.75. The third-order valence-electron chi connectivity index (χ3n) is 3.20. The number of hydrogen-bond donors (Lipinski definition) is 1. The van der Waals surface area contributed by atoms with Crippen molar-refractivity contribution in [3.63, 3.8) is 0 Å². The van der Waals surface area contributed by atoms with E-state index in [1.54, 1.807) is 0 Å². The topological polar surface area (TPSA) is 29.1 Å².